The van der Waals surface area contributed by atoms with E-state index in [4.69, 9.17) is 18.9 Å². The van der Waals surface area contributed by atoms with Crippen LogP contribution in [0.15, 0.2) is 36.4 Å². The van der Waals surface area contributed by atoms with Crippen LogP contribution in [-0.4, -0.2) is 23.9 Å². The largest absolute Gasteiger partial charge is 0.457 e. The molecule has 0 unspecified atom stereocenters. The Morgan fingerprint density at radius 2 is 1.34 bits per heavy atom. The standard InChI is InChI=1S/C21H20O8/c1-12-17(21(25)26-11-16-8-6-5-7-9-16)10-18(27-13(2)22)20(29-15(4)24)19(12)28-14(3)23/h5-10H,11H2,1-4H3. The van der Waals surface area contributed by atoms with Crippen LogP contribution in [0.1, 0.15) is 42.3 Å². The first kappa shape index (κ1) is 21.6. The summed E-state index contributed by atoms with van der Waals surface area (Å²) in [6.45, 7) is 4.91. The average molecular weight is 400 g/mol. The van der Waals surface area contributed by atoms with Crippen molar-refractivity contribution >= 4 is 23.9 Å². The Labute approximate surface area is 167 Å². The van der Waals surface area contributed by atoms with Gasteiger partial charge < -0.3 is 18.9 Å². The topological polar surface area (TPSA) is 105 Å². The van der Waals surface area contributed by atoms with Gasteiger partial charge in [0.05, 0.1) is 5.56 Å². The van der Waals surface area contributed by atoms with Crippen LogP contribution in [-0.2, 0) is 25.7 Å². The fourth-order valence-corrected chi connectivity index (χ4v) is 2.46. The highest BCUT2D eigenvalue weighted by Gasteiger charge is 2.26. The van der Waals surface area contributed by atoms with Gasteiger partial charge in [-0.3, -0.25) is 14.4 Å². The lowest BCUT2D eigenvalue weighted by molar-refractivity contribution is -0.135. The lowest BCUT2D eigenvalue weighted by atomic mass is 10.1. The summed E-state index contributed by atoms with van der Waals surface area (Å²) in [5.74, 6) is -3.64. The minimum atomic E-state index is -0.734. The summed E-state index contributed by atoms with van der Waals surface area (Å²) in [5.41, 5.74) is 0.949. The number of esters is 4. The first-order valence-electron chi connectivity index (χ1n) is 8.63. The van der Waals surface area contributed by atoms with Crippen molar-refractivity contribution in [2.24, 2.45) is 0 Å². The molecule has 0 saturated heterocycles. The van der Waals surface area contributed by atoms with E-state index in [1.54, 1.807) is 24.3 Å². The Kier molecular flexibility index (Phi) is 7.08. The highest BCUT2D eigenvalue weighted by Crippen LogP contribution is 2.43. The van der Waals surface area contributed by atoms with Crippen molar-refractivity contribution in [2.75, 3.05) is 0 Å². The Hall–Kier alpha value is -3.68. The molecule has 8 nitrogen and oxygen atoms in total. The van der Waals surface area contributed by atoms with Gasteiger partial charge in [0.15, 0.2) is 11.5 Å². The fourth-order valence-electron chi connectivity index (χ4n) is 2.46. The molecule has 0 aliphatic carbocycles. The number of ether oxygens (including phenoxy) is 4. The molecule has 0 aliphatic rings. The molecule has 0 N–H and O–H groups in total. The summed E-state index contributed by atoms with van der Waals surface area (Å²) >= 11 is 0. The number of carbonyl (C=O) groups excluding carboxylic acids is 4. The van der Waals surface area contributed by atoms with Crippen LogP contribution in [0.5, 0.6) is 17.2 Å². The summed E-state index contributed by atoms with van der Waals surface area (Å²) in [5, 5.41) is 0. The third-order valence-electron chi connectivity index (χ3n) is 3.63. The van der Waals surface area contributed by atoms with E-state index in [1.807, 2.05) is 6.07 Å². The predicted octanol–water partition coefficient (Wildman–Crippen LogP) is 3.13. The van der Waals surface area contributed by atoms with Crippen LogP contribution in [0, 0.1) is 6.92 Å². The second-order valence-corrected chi connectivity index (χ2v) is 6.05. The van der Waals surface area contributed by atoms with Crippen LogP contribution in [0.3, 0.4) is 0 Å². The summed E-state index contributed by atoms with van der Waals surface area (Å²) < 4.78 is 20.6. The van der Waals surface area contributed by atoms with Crippen molar-refractivity contribution < 1.29 is 38.1 Å². The molecule has 0 fully saturated rings. The Balaban J connectivity index is 2.49. The smallest absolute Gasteiger partial charge is 0.339 e. The molecule has 0 aliphatic heterocycles. The minimum absolute atomic E-state index is 0.00988. The SMILES string of the molecule is CC(=O)Oc1cc(C(=O)OCc2ccccc2)c(C)c(OC(C)=O)c1OC(C)=O. The molecular formula is C21H20O8. The van der Waals surface area contributed by atoms with Crippen LogP contribution < -0.4 is 14.2 Å². The van der Waals surface area contributed by atoms with Gasteiger partial charge in [0.1, 0.15) is 6.61 Å². The molecule has 2 aromatic carbocycles. The monoisotopic (exact) mass is 400 g/mol. The normalized spacial score (nSPS) is 10.1. The summed E-state index contributed by atoms with van der Waals surface area (Å²) in [6.07, 6.45) is 0. The van der Waals surface area contributed by atoms with Crippen LogP contribution >= 0.6 is 0 Å². The molecule has 152 valence electrons. The molecule has 0 spiro atoms. The highest BCUT2D eigenvalue weighted by atomic mass is 16.6. The van der Waals surface area contributed by atoms with Crippen molar-refractivity contribution in [3.8, 4) is 17.2 Å². The van der Waals surface area contributed by atoms with Gasteiger partial charge in [-0.2, -0.15) is 0 Å². The Morgan fingerprint density at radius 1 is 0.793 bits per heavy atom. The molecule has 2 aromatic rings. The first-order chi connectivity index (χ1) is 13.7. The Bertz CT molecular complexity index is 947. The van der Waals surface area contributed by atoms with Gasteiger partial charge in [0.25, 0.3) is 0 Å². The van der Waals surface area contributed by atoms with Gasteiger partial charge in [0.2, 0.25) is 5.75 Å². The number of hydrogen-bond donors (Lipinski definition) is 0. The van der Waals surface area contributed by atoms with Gasteiger partial charge in [-0.05, 0) is 18.6 Å². The van der Waals surface area contributed by atoms with Crippen molar-refractivity contribution in [1.82, 2.24) is 0 Å². The third kappa shape index (κ3) is 5.90. The third-order valence-corrected chi connectivity index (χ3v) is 3.63. The Morgan fingerprint density at radius 3 is 1.90 bits per heavy atom. The van der Waals surface area contributed by atoms with Gasteiger partial charge in [-0.15, -0.1) is 0 Å². The summed E-state index contributed by atoms with van der Waals surface area (Å²) in [4.78, 5) is 47.1. The second-order valence-electron chi connectivity index (χ2n) is 6.05. The maximum atomic E-state index is 12.6. The molecule has 0 heterocycles. The molecular weight excluding hydrogens is 380 g/mol. The molecule has 2 rings (SSSR count). The number of hydrogen-bond acceptors (Lipinski definition) is 8. The molecule has 0 atom stereocenters. The van der Waals surface area contributed by atoms with E-state index < -0.39 is 23.9 Å². The maximum Gasteiger partial charge on any atom is 0.339 e. The van der Waals surface area contributed by atoms with Crippen LogP contribution in [0.25, 0.3) is 0 Å². The number of carbonyl (C=O) groups is 4. The molecule has 29 heavy (non-hydrogen) atoms. The zero-order chi connectivity index (χ0) is 21.6. The van der Waals surface area contributed by atoms with Gasteiger partial charge >= 0.3 is 23.9 Å². The van der Waals surface area contributed by atoms with Crippen molar-refractivity contribution in [3.05, 3.63) is 53.1 Å². The first-order valence-corrected chi connectivity index (χ1v) is 8.63. The summed E-state index contributed by atoms with van der Waals surface area (Å²) in [7, 11) is 0. The molecule has 0 amide bonds. The van der Waals surface area contributed by atoms with E-state index in [2.05, 4.69) is 0 Å². The lowest BCUT2D eigenvalue weighted by Gasteiger charge is -2.17. The van der Waals surface area contributed by atoms with Crippen molar-refractivity contribution in [2.45, 2.75) is 34.3 Å². The van der Waals surface area contributed by atoms with Gasteiger partial charge in [0, 0.05) is 26.3 Å². The van der Waals surface area contributed by atoms with E-state index in [-0.39, 0.29) is 35.0 Å². The molecule has 0 saturated carbocycles. The van der Waals surface area contributed by atoms with E-state index >= 15 is 0 Å². The lowest BCUT2D eigenvalue weighted by Crippen LogP contribution is -2.15. The fraction of sp³-hybridized carbons (Fsp3) is 0.238. The number of rotatable bonds is 6. The molecule has 0 radical (unpaired) electrons. The van der Waals surface area contributed by atoms with Crippen molar-refractivity contribution in [3.63, 3.8) is 0 Å². The molecule has 8 heteroatoms. The minimum Gasteiger partial charge on any atom is -0.457 e. The molecule has 0 aromatic heterocycles. The quantitative estimate of drug-likeness (QED) is 0.538. The zero-order valence-corrected chi connectivity index (χ0v) is 16.4. The van der Waals surface area contributed by atoms with Crippen LogP contribution in [0.4, 0.5) is 0 Å². The summed E-state index contributed by atoms with van der Waals surface area (Å²) in [6, 6.07) is 10.2. The van der Waals surface area contributed by atoms with Gasteiger partial charge in [-0.25, -0.2) is 4.79 Å². The van der Waals surface area contributed by atoms with E-state index in [0.717, 1.165) is 26.3 Å². The highest BCUT2D eigenvalue weighted by molar-refractivity contribution is 5.94. The number of benzene rings is 2. The van der Waals surface area contributed by atoms with E-state index in [0.29, 0.717) is 0 Å². The average Bonchev–Trinajstić information content (AvgIpc) is 2.64. The maximum absolute atomic E-state index is 12.6. The van der Waals surface area contributed by atoms with Crippen LogP contribution in [0.2, 0.25) is 0 Å². The van der Waals surface area contributed by atoms with E-state index in [1.165, 1.54) is 13.0 Å². The van der Waals surface area contributed by atoms with Crippen molar-refractivity contribution in [1.29, 1.82) is 0 Å². The molecule has 0 bridgehead atoms. The predicted molar refractivity (Wildman–Crippen MR) is 101 cm³/mol. The van der Waals surface area contributed by atoms with Gasteiger partial charge in [-0.1, -0.05) is 30.3 Å². The zero-order valence-electron chi connectivity index (χ0n) is 16.4. The van der Waals surface area contributed by atoms with E-state index in [9.17, 15) is 19.2 Å². The second kappa shape index (κ2) is 9.50.